The normalized spacial score (nSPS) is 33.2. The van der Waals surface area contributed by atoms with Crippen LogP contribution in [0.1, 0.15) is 72.3 Å². The fourth-order valence-corrected chi connectivity index (χ4v) is 7.41. The smallest absolute Gasteiger partial charge is 0.255 e. The highest BCUT2D eigenvalue weighted by atomic mass is 16.5. The predicted octanol–water partition coefficient (Wildman–Crippen LogP) is 3.63. The van der Waals surface area contributed by atoms with Gasteiger partial charge in [-0.15, -0.1) is 0 Å². The minimum absolute atomic E-state index is 0.121. The Morgan fingerprint density at radius 1 is 0.919 bits per heavy atom. The van der Waals surface area contributed by atoms with Crippen molar-refractivity contribution >= 4 is 17.7 Å². The average molecular weight is 500 g/mol. The van der Waals surface area contributed by atoms with E-state index in [2.05, 4.69) is 40.5 Å². The summed E-state index contributed by atoms with van der Waals surface area (Å²) in [6.45, 7) is 2.57. The number of piperidine rings is 2. The van der Waals surface area contributed by atoms with E-state index >= 15 is 0 Å². The molecule has 7 nitrogen and oxygen atoms in total. The van der Waals surface area contributed by atoms with Crippen molar-refractivity contribution in [2.24, 2.45) is 5.92 Å². The molecule has 5 fully saturated rings. The Kier molecular flexibility index (Phi) is 5.39. The van der Waals surface area contributed by atoms with Gasteiger partial charge in [-0.2, -0.15) is 0 Å². The van der Waals surface area contributed by atoms with E-state index in [9.17, 15) is 14.4 Å². The van der Waals surface area contributed by atoms with Crippen molar-refractivity contribution in [2.45, 2.75) is 75.1 Å². The van der Waals surface area contributed by atoms with Crippen LogP contribution < -0.4 is 10.1 Å². The van der Waals surface area contributed by atoms with Gasteiger partial charge in [-0.05, 0) is 80.3 Å². The minimum atomic E-state index is -0.880. The van der Waals surface area contributed by atoms with Crippen molar-refractivity contribution < 1.29 is 19.1 Å². The molecule has 7 heteroatoms. The molecule has 192 valence electrons. The van der Waals surface area contributed by atoms with Crippen LogP contribution in [0.3, 0.4) is 0 Å². The van der Waals surface area contributed by atoms with Gasteiger partial charge >= 0.3 is 0 Å². The Morgan fingerprint density at radius 3 is 2.54 bits per heavy atom. The van der Waals surface area contributed by atoms with E-state index in [-0.39, 0.29) is 29.7 Å². The molecule has 0 spiro atoms. The van der Waals surface area contributed by atoms with Crippen LogP contribution in [0.25, 0.3) is 0 Å². The summed E-state index contributed by atoms with van der Waals surface area (Å²) >= 11 is 0. The predicted molar refractivity (Wildman–Crippen MR) is 137 cm³/mol. The van der Waals surface area contributed by atoms with E-state index in [1.54, 1.807) is 4.90 Å². The number of carbonyl (C=O) groups excluding carboxylic acids is 3. The Labute approximate surface area is 217 Å². The lowest BCUT2D eigenvalue weighted by Gasteiger charge is -2.53. The lowest BCUT2D eigenvalue weighted by molar-refractivity contribution is -0.160. The summed E-state index contributed by atoms with van der Waals surface area (Å²) in [5.41, 5.74) is 2.09. The Bertz CT molecular complexity index is 1250. The highest BCUT2D eigenvalue weighted by Crippen LogP contribution is 2.49. The van der Waals surface area contributed by atoms with Crippen LogP contribution in [-0.4, -0.2) is 58.3 Å². The molecule has 0 radical (unpaired) electrons. The second-order valence-corrected chi connectivity index (χ2v) is 11.6. The highest BCUT2D eigenvalue weighted by molar-refractivity contribution is 6.10. The SMILES string of the molecule is O=C1NC(=O)C2(N3Cc4cc(O[C@H]5CCCC[C@H]5N5CCC(c6ccccc6)C5)ccc4C3=O)CC1C2. The summed E-state index contributed by atoms with van der Waals surface area (Å²) in [4.78, 5) is 42.1. The van der Waals surface area contributed by atoms with Crippen molar-refractivity contribution in [1.82, 2.24) is 15.1 Å². The molecule has 3 saturated heterocycles. The van der Waals surface area contributed by atoms with Crippen LogP contribution >= 0.6 is 0 Å². The third-order valence-corrected chi connectivity index (χ3v) is 9.51. The molecular weight excluding hydrogens is 466 g/mol. The molecule has 6 aliphatic rings. The summed E-state index contributed by atoms with van der Waals surface area (Å²) in [5.74, 6) is 0.561. The average Bonchev–Trinajstić information content (AvgIpc) is 3.50. The minimum Gasteiger partial charge on any atom is -0.489 e. The molecule has 0 aromatic heterocycles. The van der Waals surface area contributed by atoms with Crippen molar-refractivity contribution in [3.63, 3.8) is 0 Å². The van der Waals surface area contributed by atoms with Gasteiger partial charge in [0.1, 0.15) is 17.4 Å². The summed E-state index contributed by atoms with van der Waals surface area (Å²) in [7, 11) is 0. The molecule has 3 atom stereocenters. The maximum atomic E-state index is 13.2. The van der Waals surface area contributed by atoms with Crippen molar-refractivity contribution in [2.75, 3.05) is 13.1 Å². The number of hydrogen-bond donors (Lipinski definition) is 1. The molecule has 4 heterocycles. The highest BCUT2D eigenvalue weighted by Gasteiger charge is 2.63. The number of hydrogen-bond acceptors (Lipinski definition) is 5. The van der Waals surface area contributed by atoms with E-state index in [0.29, 0.717) is 36.9 Å². The van der Waals surface area contributed by atoms with Crippen molar-refractivity contribution in [3.05, 3.63) is 65.2 Å². The number of likely N-dealkylation sites (tertiary alicyclic amines) is 1. The molecule has 2 aromatic rings. The molecular formula is C30H33N3O4. The zero-order valence-electron chi connectivity index (χ0n) is 21.0. The number of nitrogens with zero attached hydrogens (tertiary/aromatic N) is 2. The zero-order chi connectivity index (χ0) is 25.1. The van der Waals surface area contributed by atoms with Gasteiger partial charge in [0, 0.05) is 30.6 Å². The van der Waals surface area contributed by atoms with Gasteiger partial charge in [0.15, 0.2) is 0 Å². The number of amides is 3. The van der Waals surface area contributed by atoms with Crippen LogP contribution in [-0.2, 0) is 16.1 Å². The maximum absolute atomic E-state index is 13.2. The first-order valence-corrected chi connectivity index (χ1v) is 13.8. The lowest BCUT2D eigenvalue weighted by Crippen LogP contribution is -2.73. The zero-order valence-corrected chi connectivity index (χ0v) is 21.0. The maximum Gasteiger partial charge on any atom is 0.255 e. The lowest BCUT2D eigenvalue weighted by atomic mass is 9.63. The topological polar surface area (TPSA) is 79.0 Å². The van der Waals surface area contributed by atoms with E-state index in [4.69, 9.17) is 4.74 Å². The summed E-state index contributed by atoms with van der Waals surface area (Å²) in [5, 5.41) is 2.45. The summed E-state index contributed by atoms with van der Waals surface area (Å²) in [6, 6.07) is 17.0. The molecule has 4 aliphatic heterocycles. The number of fused-ring (bicyclic) bond motifs is 3. The summed E-state index contributed by atoms with van der Waals surface area (Å²) in [6.07, 6.45) is 6.79. The standard InChI is InChI=1S/C30H33N3O4/c34-27-22-15-30(16-22,29(36)31-27)33-18-21-14-23(10-11-24(21)28(33)35)37-26-9-5-4-8-25(26)32-13-12-20(17-32)19-6-2-1-3-7-19/h1-3,6-7,10-11,14,20,22,25-26H,4-5,8-9,12-13,15-18H2,(H,31,34,36)/t20?,22?,25-,26+,30?/m1/s1. The monoisotopic (exact) mass is 499 g/mol. The van der Waals surface area contributed by atoms with E-state index in [1.807, 2.05) is 18.2 Å². The van der Waals surface area contributed by atoms with E-state index in [0.717, 1.165) is 37.2 Å². The van der Waals surface area contributed by atoms with Gasteiger partial charge in [-0.1, -0.05) is 36.8 Å². The van der Waals surface area contributed by atoms with Crippen LogP contribution in [0.15, 0.2) is 48.5 Å². The second-order valence-electron chi connectivity index (χ2n) is 11.6. The van der Waals surface area contributed by atoms with Crippen LogP contribution in [0.5, 0.6) is 5.75 Å². The molecule has 2 bridgehead atoms. The van der Waals surface area contributed by atoms with Crippen LogP contribution in [0, 0.1) is 5.92 Å². The van der Waals surface area contributed by atoms with Gasteiger partial charge in [-0.3, -0.25) is 24.6 Å². The quantitative estimate of drug-likeness (QED) is 0.636. The molecule has 2 aromatic carbocycles. The van der Waals surface area contributed by atoms with Crippen LogP contribution in [0.2, 0.25) is 0 Å². The number of imide groups is 1. The Morgan fingerprint density at radius 2 is 1.73 bits per heavy atom. The first kappa shape index (κ1) is 23.0. The molecule has 3 amide bonds. The molecule has 8 rings (SSSR count). The number of carbonyl (C=O) groups is 3. The Hall–Kier alpha value is -3.19. The number of ether oxygens (including phenoxy) is 1. The van der Waals surface area contributed by atoms with E-state index < -0.39 is 5.54 Å². The fraction of sp³-hybridized carbons (Fsp3) is 0.500. The first-order chi connectivity index (χ1) is 18.0. The molecule has 2 saturated carbocycles. The number of rotatable bonds is 5. The van der Waals surface area contributed by atoms with Crippen LogP contribution in [0.4, 0.5) is 0 Å². The van der Waals surface area contributed by atoms with Gasteiger partial charge in [0.25, 0.3) is 11.8 Å². The molecule has 1 N–H and O–H groups in total. The fourth-order valence-electron chi connectivity index (χ4n) is 7.41. The molecule has 2 aliphatic carbocycles. The van der Waals surface area contributed by atoms with Gasteiger partial charge in [0.2, 0.25) is 5.91 Å². The van der Waals surface area contributed by atoms with Gasteiger partial charge < -0.3 is 9.64 Å². The number of nitrogens with one attached hydrogen (secondary N) is 1. The van der Waals surface area contributed by atoms with Gasteiger partial charge in [0.05, 0.1) is 0 Å². The summed E-state index contributed by atoms with van der Waals surface area (Å²) < 4.78 is 6.64. The number of benzene rings is 2. The second kappa shape index (κ2) is 8.69. The molecule has 1 unspecified atom stereocenters. The molecule has 37 heavy (non-hydrogen) atoms. The van der Waals surface area contributed by atoms with E-state index in [1.165, 1.54) is 24.8 Å². The Balaban J connectivity index is 1.06. The largest absolute Gasteiger partial charge is 0.489 e. The first-order valence-electron chi connectivity index (χ1n) is 13.8. The van der Waals surface area contributed by atoms with Crippen molar-refractivity contribution in [3.8, 4) is 5.75 Å². The van der Waals surface area contributed by atoms with Crippen molar-refractivity contribution in [1.29, 1.82) is 0 Å². The third kappa shape index (κ3) is 3.69. The van der Waals surface area contributed by atoms with Gasteiger partial charge in [-0.25, -0.2) is 0 Å². The third-order valence-electron chi connectivity index (χ3n) is 9.51.